The molecule has 0 radical (unpaired) electrons. The number of aliphatic hydroxyl groups is 1. The Morgan fingerprint density at radius 2 is 2.29 bits per heavy atom. The molecule has 17 heavy (non-hydrogen) atoms. The van der Waals surface area contributed by atoms with E-state index in [-0.39, 0.29) is 5.91 Å². The molecule has 0 spiro atoms. The van der Waals surface area contributed by atoms with Crippen LogP contribution in [-0.4, -0.2) is 28.1 Å². The van der Waals surface area contributed by atoms with Gasteiger partial charge in [0, 0.05) is 15.5 Å². The van der Waals surface area contributed by atoms with Crippen LogP contribution in [0.2, 0.25) is 0 Å². The molecular formula is C12H17NO2S2. The average Bonchev–Trinajstić information content (AvgIpc) is 2.95. The minimum Gasteiger partial charge on any atom is -0.379 e. The van der Waals surface area contributed by atoms with Gasteiger partial charge in [-0.05, 0) is 30.7 Å². The first-order valence-corrected chi connectivity index (χ1v) is 7.77. The number of amides is 1. The summed E-state index contributed by atoms with van der Waals surface area (Å²) in [5.74, 6) is 1.15. The van der Waals surface area contributed by atoms with E-state index in [0.717, 1.165) is 17.1 Å². The summed E-state index contributed by atoms with van der Waals surface area (Å²) in [7, 11) is 0. The quantitative estimate of drug-likeness (QED) is 0.878. The highest BCUT2D eigenvalue weighted by Gasteiger charge is 2.39. The maximum atomic E-state index is 11.8. The van der Waals surface area contributed by atoms with E-state index in [4.69, 9.17) is 0 Å². The molecule has 0 bridgehead atoms. The summed E-state index contributed by atoms with van der Waals surface area (Å²) in [5, 5.41) is 12.9. The van der Waals surface area contributed by atoms with Crippen molar-refractivity contribution in [3.8, 4) is 0 Å². The third kappa shape index (κ3) is 3.03. The van der Waals surface area contributed by atoms with Crippen molar-refractivity contribution < 1.29 is 9.90 Å². The second-order valence-corrected chi connectivity index (χ2v) is 6.60. The smallest absolute Gasteiger partial charge is 0.253 e. The zero-order chi connectivity index (χ0) is 12.3. The van der Waals surface area contributed by atoms with Crippen molar-refractivity contribution in [2.45, 2.75) is 31.9 Å². The van der Waals surface area contributed by atoms with Crippen LogP contribution < -0.4 is 5.32 Å². The van der Waals surface area contributed by atoms with Crippen molar-refractivity contribution in [3.05, 3.63) is 21.9 Å². The fraction of sp³-hybridized carbons (Fsp3) is 0.583. The van der Waals surface area contributed by atoms with Gasteiger partial charge in [0.15, 0.2) is 5.60 Å². The summed E-state index contributed by atoms with van der Waals surface area (Å²) in [6.07, 6.45) is 1.59. The largest absolute Gasteiger partial charge is 0.379 e. The first-order chi connectivity index (χ1) is 8.14. The van der Waals surface area contributed by atoms with Gasteiger partial charge < -0.3 is 10.4 Å². The molecule has 1 aromatic rings. The first kappa shape index (κ1) is 12.9. The third-order valence-corrected chi connectivity index (χ3v) is 5.32. The fourth-order valence-electron chi connectivity index (χ4n) is 1.77. The second-order valence-electron chi connectivity index (χ2n) is 4.24. The maximum Gasteiger partial charge on any atom is 0.253 e. The van der Waals surface area contributed by atoms with Gasteiger partial charge in [-0.15, -0.1) is 11.3 Å². The van der Waals surface area contributed by atoms with E-state index >= 15 is 0 Å². The average molecular weight is 271 g/mol. The minimum atomic E-state index is -1.14. The Morgan fingerprint density at radius 3 is 2.88 bits per heavy atom. The molecule has 1 unspecified atom stereocenters. The highest BCUT2D eigenvalue weighted by molar-refractivity contribution is 7.99. The predicted octanol–water partition coefficient (Wildman–Crippen LogP) is 1.79. The van der Waals surface area contributed by atoms with Gasteiger partial charge in [0.1, 0.15) is 0 Å². The van der Waals surface area contributed by atoms with E-state index < -0.39 is 5.60 Å². The van der Waals surface area contributed by atoms with E-state index in [1.807, 2.05) is 6.07 Å². The van der Waals surface area contributed by atoms with Crippen LogP contribution in [0.3, 0.4) is 0 Å². The van der Waals surface area contributed by atoms with Crippen molar-refractivity contribution in [1.82, 2.24) is 5.32 Å². The van der Waals surface area contributed by atoms with Crippen molar-refractivity contribution in [2.75, 3.05) is 11.5 Å². The van der Waals surface area contributed by atoms with Crippen LogP contribution >= 0.6 is 23.1 Å². The molecule has 1 aliphatic rings. The van der Waals surface area contributed by atoms with Crippen molar-refractivity contribution in [2.24, 2.45) is 0 Å². The topological polar surface area (TPSA) is 49.3 Å². The lowest BCUT2D eigenvalue weighted by Crippen LogP contribution is -2.46. The Morgan fingerprint density at radius 1 is 1.53 bits per heavy atom. The number of rotatable bonds is 4. The van der Waals surface area contributed by atoms with Crippen LogP contribution in [0.25, 0.3) is 0 Å². The SMILES string of the molecule is CCc1ccc(CNC(=O)C2(O)CCSC2)s1. The van der Waals surface area contributed by atoms with Gasteiger partial charge in [-0.3, -0.25) is 4.79 Å². The Kier molecular flexibility index (Phi) is 4.12. The summed E-state index contributed by atoms with van der Waals surface area (Å²) in [5.41, 5.74) is -1.14. The number of carbonyl (C=O) groups excluding carboxylic acids is 1. The molecule has 2 heterocycles. The molecule has 1 aliphatic heterocycles. The van der Waals surface area contributed by atoms with E-state index in [2.05, 4.69) is 18.3 Å². The molecule has 1 aromatic heterocycles. The molecule has 5 heteroatoms. The van der Waals surface area contributed by atoms with Crippen LogP contribution in [0.1, 0.15) is 23.1 Å². The molecule has 2 N–H and O–H groups in total. The monoisotopic (exact) mass is 271 g/mol. The minimum absolute atomic E-state index is 0.228. The molecule has 94 valence electrons. The molecule has 0 saturated carbocycles. The summed E-state index contributed by atoms with van der Waals surface area (Å²) in [6, 6.07) is 4.13. The number of thiophene rings is 1. The zero-order valence-corrected chi connectivity index (χ0v) is 11.5. The lowest BCUT2D eigenvalue weighted by atomic mass is 10.0. The zero-order valence-electron chi connectivity index (χ0n) is 9.86. The van der Waals surface area contributed by atoms with Gasteiger partial charge in [-0.2, -0.15) is 11.8 Å². The van der Waals surface area contributed by atoms with E-state index in [0.29, 0.717) is 18.7 Å². The molecule has 1 saturated heterocycles. The molecule has 3 nitrogen and oxygen atoms in total. The van der Waals surface area contributed by atoms with E-state index in [1.165, 1.54) is 4.88 Å². The molecule has 0 aliphatic carbocycles. The van der Waals surface area contributed by atoms with E-state index in [1.54, 1.807) is 23.1 Å². The highest BCUT2D eigenvalue weighted by atomic mass is 32.2. The highest BCUT2D eigenvalue weighted by Crippen LogP contribution is 2.28. The van der Waals surface area contributed by atoms with Gasteiger partial charge in [0.25, 0.3) is 5.91 Å². The number of thioether (sulfide) groups is 1. The van der Waals surface area contributed by atoms with Gasteiger partial charge in [0.05, 0.1) is 6.54 Å². The summed E-state index contributed by atoms with van der Waals surface area (Å²) in [4.78, 5) is 14.3. The maximum absolute atomic E-state index is 11.8. The summed E-state index contributed by atoms with van der Waals surface area (Å²) >= 11 is 3.35. The number of hydrogen-bond donors (Lipinski definition) is 2. The number of hydrogen-bond acceptors (Lipinski definition) is 4. The standard InChI is InChI=1S/C12H17NO2S2/c1-2-9-3-4-10(17-9)7-13-11(14)12(15)5-6-16-8-12/h3-4,15H,2,5-8H2,1H3,(H,13,14). The van der Waals surface area contributed by atoms with Gasteiger partial charge in [0.2, 0.25) is 0 Å². The summed E-state index contributed by atoms with van der Waals surface area (Å²) in [6.45, 7) is 2.64. The molecule has 1 atom stereocenters. The molecular weight excluding hydrogens is 254 g/mol. The normalized spacial score (nSPS) is 23.9. The van der Waals surface area contributed by atoms with Crippen molar-refractivity contribution in [1.29, 1.82) is 0 Å². The van der Waals surface area contributed by atoms with Gasteiger partial charge in [-0.1, -0.05) is 6.92 Å². The van der Waals surface area contributed by atoms with Crippen LogP contribution in [0.15, 0.2) is 12.1 Å². The van der Waals surface area contributed by atoms with Crippen molar-refractivity contribution >= 4 is 29.0 Å². The second kappa shape index (κ2) is 5.42. The first-order valence-electron chi connectivity index (χ1n) is 5.80. The molecule has 0 aromatic carbocycles. The van der Waals surface area contributed by atoms with E-state index in [9.17, 15) is 9.90 Å². The van der Waals surface area contributed by atoms with Crippen LogP contribution in [0, 0.1) is 0 Å². The molecule has 1 amide bonds. The molecule has 1 fully saturated rings. The fourth-order valence-corrected chi connectivity index (χ4v) is 3.91. The van der Waals surface area contributed by atoms with Crippen LogP contribution in [-0.2, 0) is 17.8 Å². The Balaban J connectivity index is 1.87. The number of nitrogens with one attached hydrogen (secondary N) is 1. The Hall–Kier alpha value is -0.520. The van der Waals surface area contributed by atoms with Crippen LogP contribution in [0.4, 0.5) is 0 Å². The van der Waals surface area contributed by atoms with Gasteiger partial charge in [-0.25, -0.2) is 0 Å². The van der Waals surface area contributed by atoms with Gasteiger partial charge >= 0.3 is 0 Å². The van der Waals surface area contributed by atoms with Crippen LogP contribution in [0.5, 0.6) is 0 Å². The lowest BCUT2D eigenvalue weighted by molar-refractivity contribution is -0.137. The number of aryl methyl sites for hydroxylation is 1. The molecule has 2 rings (SSSR count). The predicted molar refractivity (Wildman–Crippen MR) is 72.4 cm³/mol. The number of carbonyl (C=O) groups is 1. The Bertz CT molecular complexity index is 397. The summed E-state index contributed by atoms with van der Waals surface area (Å²) < 4.78 is 0. The Labute approximate surface area is 110 Å². The van der Waals surface area contributed by atoms with Crippen molar-refractivity contribution in [3.63, 3.8) is 0 Å². The lowest BCUT2D eigenvalue weighted by Gasteiger charge is -2.19. The third-order valence-electron chi connectivity index (χ3n) is 2.91.